The summed E-state index contributed by atoms with van der Waals surface area (Å²) >= 11 is 0. The van der Waals surface area contributed by atoms with Gasteiger partial charge < -0.3 is 4.74 Å². The molecule has 2 rings (SSSR count). The molecule has 0 amide bonds. The lowest BCUT2D eigenvalue weighted by atomic mass is 9.82. The van der Waals surface area contributed by atoms with Gasteiger partial charge in [-0.25, -0.2) is 4.39 Å². The molecule has 0 atom stereocenters. The Balaban J connectivity index is 2.20. The summed E-state index contributed by atoms with van der Waals surface area (Å²) in [6.45, 7) is 6.52. The molecule has 0 unspecified atom stereocenters. The SMILES string of the molecule is CCC(C)(C)c1ccc(Oc2ccc(C#N)cc2F)cc1. The van der Waals surface area contributed by atoms with Gasteiger partial charge in [-0.2, -0.15) is 5.26 Å². The van der Waals surface area contributed by atoms with Gasteiger partial charge in [0.05, 0.1) is 11.6 Å². The van der Waals surface area contributed by atoms with E-state index in [4.69, 9.17) is 10.00 Å². The van der Waals surface area contributed by atoms with Crippen LogP contribution in [0.4, 0.5) is 4.39 Å². The maximum Gasteiger partial charge on any atom is 0.167 e. The number of halogens is 1. The van der Waals surface area contributed by atoms with Crippen LogP contribution >= 0.6 is 0 Å². The molecule has 108 valence electrons. The van der Waals surface area contributed by atoms with Gasteiger partial charge in [0.1, 0.15) is 5.75 Å². The lowest BCUT2D eigenvalue weighted by molar-refractivity contribution is 0.441. The third-order valence-corrected chi connectivity index (χ3v) is 3.81. The van der Waals surface area contributed by atoms with E-state index in [-0.39, 0.29) is 16.7 Å². The van der Waals surface area contributed by atoms with E-state index in [0.29, 0.717) is 5.75 Å². The highest BCUT2D eigenvalue weighted by atomic mass is 19.1. The molecule has 0 aromatic heterocycles. The minimum absolute atomic E-state index is 0.109. The van der Waals surface area contributed by atoms with Gasteiger partial charge in [0, 0.05) is 0 Å². The van der Waals surface area contributed by atoms with Crippen molar-refractivity contribution < 1.29 is 9.13 Å². The highest BCUT2D eigenvalue weighted by Gasteiger charge is 2.17. The van der Waals surface area contributed by atoms with Crippen LogP contribution < -0.4 is 4.74 Å². The number of nitriles is 1. The van der Waals surface area contributed by atoms with Crippen molar-refractivity contribution in [2.45, 2.75) is 32.6 Å². The molecular weight excluding hydrogens is 265 g/mol. The van der Waals surface area contributed by atoms with Gasteiger partial charge in [0.2, 0.25) is 0 Å². The number of rotatable bonds is 4. The van der Waals surface area contributed by atoms with Crippen molar-refractivity contribution in [1.29, 1.82) is 5.26 Å². The molecule has 0 aliphatic carbocycles. The fourth-order valence-corrected chi connectivity index (χ4v) is 1.96. The summed E-state index contributed by atoms with van der Waals surface area (Å²) in [4.78, 5) is 0. The first-order valence-electron chi connectivity index (χ1n) is 6.94. The molecule has 0 radical (unpaired) electrons. The van der Waals surface area contributed by atoms with E-state index in [0.717, 1.165) is 6.42 Å². The van der Waals surface area contributed by atoms with Crippen LogP contribution in [0, 0.1) is 17.1 Å². The Morgan fingerprint density at radius 1 is 1.14 bits per heavy atom. The third kappa shape index (κ3) is 3.41. The molecule has 21 heavy (non-hydrogen) atoms. The highest BCUT2D eigenvalue weighted by Crippen LogP contribution is 2.30. The lowest BCUT2D eigenvalue weighted by Gasteiger charge is -2.23. The second kappa shape index (κ2) is 5.97. The van der Waals surface area contributed by atoms with E-state index in [1.165, 1.54) is 23.8 Å². The molecule has 0 saturated heterocycles. The molecule has 2 aromatic rings. The summed E-state index contributed by atoms with van der Waals surface area (Å²) in [6, 6.07) is 13.7. The first-order valence-corrected chi connectivity index (χ1v) is 6.94. The van der Waals surface area contributed by atoms with E-state index in [1.807, 2.05) is 30.3 Å². The van der Waals surface area contributed by atoms with Gasteiger partial charge in [-0.05, 0) is 47.7 Å². The molecule has 0 aliphatic rings. The molecule has 2 aromatic carbocycles. The Hall–Kier alpha value is -2.34. The second-order valence-electron chi connectivity index (χ2n) is 5.62. The number of benzene rings is 2. The molecule has 0 fully saturated rings. The molecule has 0 saturated carbocycles. The van der Waals surface area contributed by atoms with E-state index in [1.54, 1.807) is 0 Å². The highest BCUT2D eigenvalue weighted by molar-refractivity contribution is 5.39. The molecule has 0 N–H and O–H groups in total. The van der Waals surface area contributed by atoms with Gasteiger partial charge >= 0.3 is 0 Å². The zero-order chi connectivity index (χ0) is 15.5. The lowest BCUT2D eigenvalue weighted by Crippen LogP contribution is -2.14. The van der Waals surface area contributed by atoms with Crippen molar-refractivity contribution in [1.82, 2.24) is 0 Å². The van der Waals surface area contributed by atoms with Crippen LogP contribution in [0.1, 0.15) is 38.3 Å². The molecule has 2 nitrogen and oxygen atoms in total. The van der Waals surface area contributed by atoms with E-state index < -0.39 is 5.82 Å². The normalized spacial score (nSPS) is 11.0. The Morgan fingerprint density at radius 2 is 1.81 bits per heavy atom. The summed E-state index contributed by atoms with van der Waals surface area (Å²) in [5, 5.41) is 8.72. The molecule has 3 heteroatoms. The number of hydrogen-bond acceptors (Lipinski definition) is 2. The van der Waals surface area contributed by atoms with Crippen molar-refractivity contribution in [2.75, 3.05) is 0 Å². The summed E-state index contributed by atoms with van der Waals surface area (Å²) < 4.78 is 19.3. The maximum atomic E-state index is 13.8. The Labute approximate surface area is 124 Å². The topological polar surface area (TPSA) is 33.0 Å². The van der Waals surface area contributed by atoms with Gasteiger partial charge in [-0.15, -0.1) is 0 Å². The minimum Gasteiger partial charge on any atom is -0.454 e. The van der Waals surface area contributed by atoms with Crippen LogP contribution in [0.15, 0.2) is 42.5 Å². The monoisotopic (exact) mass is 283 g/mol. The number of ether oxygens (including phenoxy) is 1. The first-order chi connectivity index (χ1) is 9.96. The average molecular weight is 283 g/mol. The van der Waals surface area contributed by atoms with Crippen molar-refractivity contribution in [2.24, 2.45) is 0 Å². The van der Waals surface area contributed by atoms with Crippen LogP contribution in [0.25, 0.3) is 0 Å². The van der Waals surface area contributed by atoms with Gasteiger partial charge in [0.25, 0.3) is 0 Å². The van der Waals surface area contributed by atoms with Crippen molar-refractivity contribution >= 4 is 0 Å². The number of nitrogens with zero attached hydrogens (tertiary/aromatic N) is 1. The summed E-state index contributed by atoms with van der Waals surface area (Å²) in [7, 11) is 0. The first kappa shape index (κ1) is 15.1. The zero-order valence-electron chi connectivity index (χ0n) is 12.5. The van der Waals surface area contributed by atoms with Crippen LogP contribution in [0.5, 0.6) is 11.5 Å². The molecule has 0 aliphatic heterocycles. The fraction of sp³-hybridized carbons (Fsp3) is 0.278. The predicted octanol–water partition coefficient (Wildman–Crippen LogP) is 5.18. The summed E-state index contributed by atoms with van der Waals surface area (Å²) in [5.74, 6) is 0.165. The third-order valence-electron chi connectivity index (χ3n) is 3.81. The van der Waals surface area contributed by atoms with Crippen LogP contribution in [-0.4, -0.2) is 0 Å². The van der Waals surface area contributed by atoms with Crippen molar-refractivity contribution in [3.8, 4) is 17.6 Å². The Bertz CT molecular complexity index is 669. The largest absolute Gasteiger partial charge is 0.454 e. The second-order valence-corrected chi connectivity index (χ2v) is 5.62. The minimum atomic E-state index is -0.535. The van der Waals surface area contributed by atoms with E-state index in [2.05, 4.69) is 20.8 Å². The van der Waals surface area contributed by atoms with E-state index in [9.17, 15) is 4.39 Å². The average Bonchev–Trinajstić information content (AvgIpc) is 2.50. The van der Waals surface area contributed by atoms with Crippen molar-refractivity contribution in [3.63, 3.8) is 0 Å². The van der Waals surface area contributed by atoms with Crippen LogP contribution in [0.2, 0.25) is 0 Å². The molecule has 0 heterocycles. The summed E-state index contributed by atoms with van der Waals surface area (Å²) in [5.41, 5.74) is 1.61. The number of hydrogen-bond donors (Lipinski definition) is 0. The van der Waals surface area contributed by atoms with Gasteiger partial charge in [-0.3, -0.25) is 0 Å². The Morgan fingerprint density at radius 3 is 2.33 bits per heavy atom. The molecular formula is C18H18FNO. The standard InChI is InChI=1S/C18H18FNO/c1-4-18(2,3)14-6-8-15(9-7-14)21-17-10-5-13(12-20)11-16(17)19/h5-11H,4H2,1-3H3. The maximum absolute atomic E-state index is 13.8. The van der Waals surface area contributed by atoms with Gasteiger partial charge in [-0.1, -0.05) is 32.9 Å². The quantitative estimate of drug-likeness (QED) is 0.774. The fourth-order valence-electron chi connectivity index (χ4n) is 1.96. The van der Waals surface area contributed by atoms with Gasteiger partial charge in [0.15, 0.2) is 11.6 Å². The predicted molar refractivity (Wildman–Crippen MR) is 80.9 cm³/mol. The molecule has 0 spiro atoms. The van der Waals surface area contributed by atoms with Crippen molar-refractivity contribution in [3.05, 3.63) is 59.4 Å². The summed E-state index contributed by atoms with van der Waals surface area (Å²) in [6.07, 6.45) is 1.04. The van der Waals surface area contributed by atoms with Crippen LogP contribution in [0.3, 0.4) is 0 Å². The van der Waals surface area contributed by atoms with E-state index >= 15 is 0 Å². The molecule has 0 bridgehead atoms. The Kier molecular flexibility index (Phi) is 4.28. The van der Waals surface area contributed by atoms with Crippen LogP contribution in [-0.2, 0) is 5.41 Å². The smallest absolute Gasteiger partial charge is 0.167 e. The zero-order valence-corrected chi connectivity index (χ0v) is 12.5.